The molecular weight excluding hydrogens is 416 g/mol. The van der Waals surface area contributed by atoms with Crippen molar-refractivity contribution in [3.8, 4) is 0 Å². The molecule has 4 nitrogen and oxygen atoms in total. The molecule has 1 atom stereocenters. The quantitative estimate of drug-likeness (QED) is 0.701. The van der Waals surface area contributed by atoms with Crippen LogP contribution in [0.5, 0.6) is 0 Å². The minimum atomic E-state index is -0.274. The van der Waals surface area contributed by atoms with Gasteiger partial charge in [-0.1, -0.05) is 71.9 Å². The zero-order valence-electron chi connectivity index (χ0n) is 15.9. The fourth-order valence-corrected chi connectivity index (χ4v) is 4.85. The molecule has 2 aliphatic rings. The van der Waals surface area contributed by atoms with Crippen LogP contribution in [0.2, 0.25) is 0 Å². The summed E-state index contributed by atoms with van der Waals surface area (Å²) < 4.78 is 0.932. The number of carbonyl (C=O) groups excluding carboxylic acids is 2. The normalized spacial score (nSPS) is 19.8. The molecule has 1 aliphatic carbocycles. The molecule has 0 unspecified atom stereocenters. The molecule has 1 saturated carbocycles. The van der Waals surface area contributed by atoms with E-state index in [9.17, 15) is 9.59 Å². The molecule has 0 bridgehead atoms. The molecule has 2 amide bonds. The van der Waals surface area contributed by atoms with Crippen LogP contribution in [0, 0.1) is 5.92 Å². The van der Waals surface area contributed by atoms with Gasteiger partial charge >= 0.3 is 0 Å². The van der Waals surface area contributed by atoms with Crippen LogP contribution >= 0.6 is 15.9 Å². The van der Waals surface area contributed by atoms with E-state index in [1.54, 1.807) is 4.90 Å². The molecule has 0 spiro atoms. The number of nitrogens with one attached hydrogen (secondary N) is 1. The molecule has 2 aromatic carbocycles. The molecule has 0 radical (unpaired) electrons. The van der Waals surface area contributed by atoms with E-state index in [0.29, 0.717) is 12.3 Å². The first-order valence-electron chi connectivity index (χ1n) is 10.1. The summed E-state index contributed by atoms with van der Waals surface area (Å²) in [6.45, 7) is 0.0787. The largest absolute Gasteiger partial charge is 0.324 e. The van der Waals surface area contributed by atoms with Gasteiger partial charge in [0.2, 0.25) is 11.8 Å². The van der Waals surface area contributed by atoms with E-state index in [0.717, 1.165) is 27.7 Å². The van der Waals surface area contributed by atoms with Crippen LogP contribution in [0.4, 0.5) is 5.69 Å². The predicted octanol–water partition coefficient (Wildman–Crippen LogP) is 5.29. The van der Waals surface area contributed by atoms with Crippen molar-refractivity contribution in [1.29, 1.82) is 0 Å². The number of nitrogens with zero attached hydrogens (tertiary/aromatic N) is 1. The fraction of sp³-hybridized carbons (Fsp3) is 0.391. The Morgan fingerprint density at radius 3 is 2.61 bits per heavy atom. The van der Waals surface area contributed by atoms with Gasteiger partial charge in [-0.25, -0.2) is 0 Å². The van der Waals surface area contributed by atoms with E-state index in [-0.39, 0.29) is 24.4 Å². The van der Waals surface area contributed by atoms with E-state index in [1.165, 1.54) is 25.7 Å². The Hall–Kier alpha value is -2.14. The van der Waals surface area contributed by atoms with Crippen molar-refractivity contribution in [3.63, 3.8) is 0 Å². The van der Waals surface area contributed by atoms with Gasteiger partial charge in [0.25, 0.3) is 0 Å². The van der Waals surface area contributed by atoms with E-state index in [4.69, 9.17) is 0 Å². The summed E-state index contributed by atoms with van der Waals surface area (Å²) in [5.41, 5.74) is 2.74. The van der Waals surface area contributed by atoms with Gasteiger partial charge in [0.1, 0.15) is 6.54 Å². The fourth-order valence-electron chi connectivity index (χ4n) is 4.47. The number of anilines is 1. The van der Waals surface area contributed by atoms with Crippen LogP contribution in [0.3, 0.4) is 0 Å². The Morgan fingerprint density at radius 2 is 1.86 bits per heavy atom. The molecule has 2 aromatic rings. The van der Waals surface area contributed by atoms with E-state index in [2.05, 4.69) is 21.2 Å². The number of carbonyl (C=O) groups is 2. The standard InChI is InChI=1S/C23H25BrN2O2/c24-18-11-12-20-19(14-18)23(17-8-2-1-3-9-17)26(15-21(27)25-20)22(28)13-10-16-6-4-5-7-16/h1-3,8-9,11-12,14,16,23H,4-7,10,13,15H2,(H,25,27)/t23-/m1/s1. The lowest BCUT2D eigenvalue weighted by molar-refractivity contribution is -0.136. The predicted molar refractivity (Wildman–Crippen MR) is 114 cm³/mol. The van der Waals surface area contributed by atoms with Crippen molar-refractivity contribution >= 4 is 33.4 Å². The van der Waals surface area contributed by atoms with Crippen LogP contribution in [0.1, 0.15) is 55.7 Å². The summed E-state index contributed by atoms with van der Waals surface area (Å²) in [5.74, 6) is 0.571. The molecule has 4 rings (SSSR count). The SMILES string of the molecule is O=C1CN(C(=O)CCC2CCCC2)[C@H](c2ccccc2)c2cc(Br)ccc2N1. The first kappa shape index (κ1) is 19.2. The minimum Gasteiger partial charge on any atom is -0.324 e. The van der Waals surface area contributed by atoms with Crippen LogP contribution in [0.15, 0.2) is 53.0 Å². The molecule has 5 heteroatoms. The lowest BCUT2D eigenvalue weighted by atomic mass is 9.95. The third-order valence-corrected chi connectivity index (χ3v) is 6.38. The Kier molecular flexibility index (Phi) is 5.81. The summed E-state index contributed by atoms with van der Waals surface area (Å²) in [7, 11) is 0. The van der Waals surface area contributed by atoms with Crippen molar-refractivity contribution in [3.05, 3.63) is 64.1 Å². The molecular formula is C23H25BrN2O2. The summed E-state index contributed by atoms with van der Waals surface area (Å²) in [5, 5.41) is 2.98. The Bertz CT molecular complexity index is 862. The average Bonchev–Trinajstić information content (AvgIpc) is 3.17. The second kappa shape index (κ2) is 8.48. The number of hydrogen-bond donors (Lipinski definition) is 1. The van der Waals surface area contributed by atoms with Gasteiger partial charge in [-0.3, -0.25) is 9.59 Å². The highest BCUT2D eigenvalue weighted by atomic mass is 79.9. The Balaban J connectivity index is 1.69. The lowest BCUT2D eigenvalue weighted by Gasteiger charge is -2.31. The highest BCUT2D eigenvalue weighted by Gasteiger charge is 2.33. The second-order valence-corrected chi connectivity index (χ2v) is 8.72. The monoisotopic (exact) mass is 440 g/mol. The van der Waals surface area contributed by atoms with Crippen molar-refractivity contribution in [2.24, 2.45) is 5.92 Å². The molecule has 1 fully saturated rings. The van der Waals surface area contributed by atoms with Crippen molar-refractivity contribution < 1.29 is 9.59 Å². The minimum absolute atomic E-state index is 0.0590. The van der Waals surface area contributed by atoms with Gasteiger partial charge in [0, 0.05) is 22.1 Å². The van der Waals surface area contributed by atoms with Gasteiger partial charge in [-0.2, -0.15) is 0 Å². The zero-order valence-corrected chi connectivity index (χ0v) is 17.5. The van der Waals surface area contributed by atoms with E-state index < -0.39 is 0 Å². The van der Waals surface area contributed by atoms with Crippen molar-refractivity contribution in [2.45, 2.75) is 44.6 Å². The molecule has 1 aliphatic heterocycles. The third kappa shape index (κ3) is 4.14. The highest BCUT2D eigenvalue weighted by Crippen LogP contribution is 2.38. The third-order valence-electron chi connectivity index (χ3n) is 5.88. The Morgan fingerprint density at radius 1 is 1.11 bits per heavy atom. The molecule has 28 heavy (non-hydrogen) atoms. The maximum atomic E-state index is 13.3. The second-order valence-electron chi connectivity index (χ2n) is 7.80. The summed E-state index contributed by atoms with van der Waals surface area (Å²) in [6.07, 6.45) is 6.43. The van der Waals surface area contributed by atoms with Crippen LogP contribution in [0.25, 0.3) is 0 Å². The van der Waals surface area contributed by atoms with Gasteiger partial charge in [0.15, 0.2) is 0 Å². The van der Waals surface area contributed by atoms with E-state index in [1.807, 2.05) is 48.5 Å². The summed E-state index contributed by atoms with van der Waals surface area (Å²) in [6, 6.07) is 15.5. The highest BCUT2D eigenvalue weighted by molar-refractivity contribution is 9.10. The first-order chi connectivity index (χ1) is 13.6. The van der Waals surface area contributed by atoms with Gasteiger partial charge in [-0.15, -0.1) is 0 Å². The molecule has 146 valence electrons. The summed E-state index contributed by atoms with van der Waals surface area (Å²) >= 11 is 3.55. The van der Waals surface area contributed by atoms with Gasteiger partial charge in [0.05, 0.1) is 6.04 Å². The van der Waals surface area contributed by atoms with E-state index >= 15 is 0 Å². The number of halogens is 1. The number of amides is 2. The number of rotatable bonds is 4. The number of hydrogen-bond acceptors (Lipinski definition) is 2. The topological polar surface area (TPSA) is 49.4 Å². The average molecular weight is 441 g/mol. The molecule has 1 N–H and O–H groups in total. The lowest BCUT2D eigenvalue weighted by Crippen LogP contribution is -2.39. The molecule has 0 saturated heterocycles. The zero-order chi connectivity index (χ0) is 19.5. The van der Waals surface area contributed by atoms with Crippen LogP contribution < -0.4 is 5.32 Å². The number of fused-ring (bicyclic) bond motifs is 1. The van der Waals surface area contributed by atoms with Crippen molar-refractivity contribution in [1.82, 2.24) is 4.90 Å². The first-order valence-corrected chi connectivity index (χ1v) is 10.8. The number of benzene rings is 2. The van der Waals surface area contributed by atoms with Crippen LogP contribution in [-0.2, 0) is 9.59 Å². The van der Waals surface area contributed by atoms with Gasteiger partial charge in [-0.05, 0) is 36.1 Å². The smallest absolute Gasteiger partial charge is 0.244 e. The van der Waals surface area contributed by atoms with Gasteiger partial charge < -0.3 is 10.2 Å². The molecule has 0 aromatic heterocycles. The molecule has 1 heterocycles. The van der Waals surface area contributed by atoms with Crippen LogP contribution in [-0.4, -0.2) is 23.3 Å². The maximum Gasteiger partial charge on any atom is 0.244 e. The summed E-state index contributed by atoms with van der Waals surface area (Å²) in [4.78, 5) is 27.6. The maximum absolute atomic E-state index is 13.3. The Labute approximate surface area is 174 Å². The van der Waals surface area contributed by atoms with Crippen molar-refractivity contribution in [2.75, 3.05) is 11.9 Å².